The molecule has 0 fully saturated rings. The molecule has 0 aliphatic rings. The molecule has 0 aliphatic carbocycles. The number of aryl methyl sites for hydroxylation is 2. The minimum Gasteiger partial charge on any atom is -0.354 e. The standard InChI is InChI=1S/C26H35ClN2O2S/c1-6-24(26(31)28-14-18(2)3)29(15-21-7-9-23(27)10-8-21)25(30)17-32-16-22-12-19(4)11-20(5)13-22/h7-13,18,24H,6,14-17H2,1-5H3,(H,28,31)/t24-/m0/s1. The quantitative estimate of drug-likeness (QED) is 0.449. The van der Waals surface area contributed by atoms with E-state index in [0.717, 1.165) is 11.3 Å². The van der Waals surface area contributed by atoms with Crippen molar-refractivity contribution in [2.45, 2.75) is 59.4 Å². The van der Waals surface area contributed by atoms with E-state index < -0.39 is 6.04 Å². The zero-order valence-corrected chi connectivity index (χ0v) is 21.4. The molecular weight excluding hydrogens is 440 g/mol. The van der Waals surface area contributed by atoms with Gasteiger partial charge in [-0.15, -0.1) is 11.8 Å². The first-order valence-corrected chi connectivity index (χ1v) is 12.7. The summed E-state index contributed by atoms with van der Waals surface area (Å²) < 4.78 is 0. The van der Waals surface area contributed by atoms with Crippen LogP contribution in [0.15, 0.2) is 42.5 Å². The summed E-state index contributed by atoms with van der Waals surface area (Å²) in [6.07, 6.45) is 0.561. The number of amides is 2. The van der Waals surface area contributed by atoms with Crippen molar-refractivity contribution in [3.05, 3.63) is 69.7 Å². The van der Waals surface area contributed by atoms with Gasteiger partial charge in [0.1, 0.15) is 6.04 Å². The number of hydrogen-bond acceptors (Lipinski definition) is 3. The Labute approximate surface area is 202 Å². The zero-order chi connectivity index (χ0) is 23.7. The molecule has 174 valence electrons. The number of rotatable bonds is 11. The van der Waals surface area contributed by atoms with E-state index in [1.165, 1.54) is 16.7 Å². The van der Waals surface area contributed by atoms with Crippen molar-refractivity contribution >= 4 is 35.2 Å². The molecule has 32 heavy (non-hydrogen) atoms. The van der Waals surface area contributed by atoms with Crippen molar-refractivity contribution in [2.75, 3.05) is 12.3 Å². The minimum atomic E-state index is -0.501. The topological polar surface area (TPSA) is 49.4 Å². The first-order valence-electron chi connectivity index (χ1n) is 11.2. The smallest absolute Gasteiger partial charge is 0.242 e. The Morgan fingerprint density at radius 1 is 1.03 bits per heavy atom. The van der Waals surface area contributed by atoms with Crippen LogP contribution in [-0.4, -0.2) is 35.1 Å². The van der Waals surface area contributed by atoms with Crippen molar-refractivity contribution in [2.24, 2.45) is 5.92 Å². The molecule has 6 heteroatoms. The molecule has 0 heterocycles. The lowest BCUT2D eigenvalue weighted by Crippen LogP contribution is -2.50. The number of thioether (sulfide) groups is 1. The van der Waals surface area contributed by atoms with Crippen LogP contribution in [-0.2, 0) is 21.9 Å². The molecule has 0 spiro atoms. The minimum absolute atomic E-state index is 0.0270. The number of benzene rings is 2. The Balaban J connectivity index is 2.12. The first-order chi connectivity index (χ1) is 15.2. The summed E-state index contributed by atoms with van der Waals surface area (Å²) >= 11 is 7.61. The third-order valence-corrected chi connectivity index (χ3v) is 6.35. The molecule has 2 aromatic carbocycles. The molecule has 2 rings (SSSR count). The monoisotopic (exact) mass is 474 g/mol. The second-order valence-corrected chi connectivity index (χ2v) is 10.1. The maximum absolute atomic E-state index is 13.3. The molecule has 0 aromatic heterocycles. The van der Waals surface area contributed by atoms with Gasteiger partial charge in [-0.3, -0.25) is 9.59 Å². The Bertz CT molecular complexity index is 879. The average molecular weight is 475 g/mol. The predicted molar refractivity (Wildman–Crippen MR) is 136 cm³/mol. The SMILES string of the molecule is CC[C@@H](C(=O)NCC(C)C)N(Cc1ccc(Cl)cc1)C(=O)CSCc1cc(C)cc(C)c1. The highest BCUT2D eigenvalue weighted by Gasteiger charge is 2.28. The van der Waals surface area contributed by atoms with Gasteiger partial charge in [-0.2, -0.15) is 0 Å². The van der Waals surface area contributed by atoms with Gasteiger partial charge in [0.05, 0.1) is 5.75 Å². The van der Waals surface area contributed by atoms with Gasteiger partial charge in [0.2, 0.25) is 11.8 Å². The van der Waals surface area contributed by atoms with Crippen molar-refractivity contribution in [1.82, 2.24) is 10.2 Å². The lowest BCUT2D eigenvalue weighted by Gasteiger charge is -2.31. The van der Waals surface area contributed by atoms with E-state index in [-0.39, 0.29) is 11.8 Å². The summed E-state index contributed by atoms with van der Waals surface area (Å²) in [4.78, 5) is 27.9. The highest BCUT2D eigenvalue weighted by Crippen LogP contribution is 2.20. The lowest BCUT2D eigenvalue weighted by molar-refractivity contribution is -0.139. The first kappa shape index (κ1) is 26.3. The van der Waals surface area contributed by atoms with E-state index in [1.807, 2.05) is 31.2 Å². The number of carbonyl (C=O) groups is 2. The average Bonchev–Trinajstić information content (AvgIpc) is 2.72. The fourth-order valence-electron chi connectivity index (χ4n) is 3.62. The molecule has 2 aromatic rings. The van der Waals surface area contributed by atoms with E-state index in [2.05, 4.69) is 51.2 Å². The molecule has 0 bridgehead atoms. The van der Waals surface area contributed by atoms with Crippen molar-refractivity contribution in [3.63, 3.8) is 0 Å². The molecule has 0 saturated heterocycles. The number of nitrogens with one attached hydrogen (secondary N) is 1. The largest absolute Gasteiger partial charge is 0.354 e. The van der Waals surface area contributed by atoms with Gasteiger partial charge in [0.25, 0.3) is 0 Å². The molecule has 4 nitrogen and oxygen atoms in total. The van der Waals surface area contributed by atoms with Gasteiger partial charge in [0.15, 0.2) is 0 Å². The summed E-state index contributed by atoms with van der Waals surface area (Å²) in [6.45, 7) is 11.2. The fraction of sp³-hybridized carbons (Fsp3) is 0.462. The van der Waals surface area contributed by atoms with Crippen LogP contribution >= 0.6 is 23.4 Å². The molecule has 0 unspecified atom stereocenters. The summed E-state index contributed by atoms with van der Waals surface area (Å²) in [5.74, 6) is 1.32. The van der Waals surface area contributed by atoms with Crippen LogP contribution in [0.5, 0.6) is 0 Å². The summed E-state index contributed by atoms with van der Waals surface area (Å²) in [5.41, 5.74) is 4.62. The van der Waals surface area contributed by atoms with Crippen LogP contribution in [0.2, 0.25) is 5.02 Å². The fourth-order valence-corrected chi connectivity index (χ4v) is 4.59. The number of hydrogen-bond donors (Lipinski definition) is 1. The van der Waals surface area contributed by atoms with Gasteiger partial charge < -0.3 is 10.2 Å². The number of halogens is 1. The Hall–Kier alpha value is -1.98. The van der Waals surface area contributed by atoms with Gasteiger partial charge in [-0.05, 0) is 49.4 Å². The van der Waals surface area contributed by atoms with Crippen molar-refractivity contribution in [1.29, 1.82) is 0 Å². The van der Waals surface area contributed by atoms with Crippen LogP contribution in [0.4, 0.5) is 0 Å². The maximum atomic E-state index is 13.3. The molecule has 0 saturated carbocycles. The molecular formula is C26H35ClN2O2S. The third kappa shape index (κ3) is 8.51. The van der Waals surface area contributed by atoms with Gasteiger partial charge in [-0.25, -0.2) is 0 Å². The Morgan fingerprint density at radius 3 is 2.22 bits per heavy atom. The lowest BCUT2D eigenvalue weighted by atomic mass is 10.1. The maximum Gasteiger partial charge on any atom is 0.242 e. The molecule has 0 radical (unpaired) electrons. The van der Waals surface area contributed by atoms with Crippen molar-refractivity contribution < 1.29 is 9.59 Å². The van der Waals surface area contributed by atoms with E-state index >= 15 is 0 Å². The van der Waals surface area contributed by atoms with Gasteiger partial charge in [0, 0.05) is 23.9 Å². The summed E-state index contributed by atoms with van der Waals surface area (Å²) in [7, 11) is 0. The number of carbonyl (C=O) groups excluding carboxylic acids is 2. The van der Waals surface area contributed by atoms with E-state index in [9.17, 15) is 9.59 Å². The van der Waals surface area contributed by atoms with Crippen LogP contribution in [0.3, 0.4) is 0 Å². The normalized spacial score (nSPS) is 12.0. The highest BCUT2D eigenvalue weighted by molar-refractivity contribution is 7.99. The van der Waals surface area contributed by atoms with Crippen LogP contribution in [0.1, 0.15) is 49.4 Å². The van der Waals surface area contributed by atoms with E-state index in [1.54, 1.807) is 16.7 Å². The van der Waals surface area contributed by atoms with E-state index in [0.29, 0.717) is 36.2 Å². The second-order valence-electron chi connectivity index (χ2n) is 8.70. The molecule has 1 atom stereocenters. The van der Waals surface area contributed by atoms with E-state index in [4.69, 9.17) is 11.6 Å². The highest BCUT2D eigenvalue weighted by atomic mass is 35.5. The van der Waals surface area contributed by atoms with Gasteiger partial charge >= 0.3 is 0 Å². The molecule has 1 N–H and O–H groups in total. The zero-order valence-electron chi connectivity index (χ0n) is 19.8. The van der Waals surface area contributed by atoms with Crippen LogP contribution in [0, 0.1) is 19.8 Å². The Kier molecular flexibility index (Phi) is 10.6. The summed E-state index contributed by atoms with van der Waals surface area (Å²) in [6, 6.07) is 13.4. The number of nitrogens with zero attached hydrogens (tertiary/aromatic N) is 1. The third-order valence-electron chi connectivity index (χ3n) is 5.11. The Morgan fingerprint density at radius 2 is 1.66 bits per heavy atom. The van der Waals surface area contributed by atoms with Gasteiger partial charge in [-0.1, -0.05) is 73.8 Å². The van der Waals surface area contributed by atoms with Crippen molar-refractivity contribution in [3.8, 4) is 0 Å². The summed E-state index contributed by atoms with van der Waals surface area (Å²) in [5, 5.41) is 3.65. The second kappa shape index (κ2) is 12.9. The van der Waals surface area contributed by atoms with Crippen LogP contribution < -0.4 is 5.32 Å². The molecule has 2 amide bonds. The predicted octanol–water partition coefficient (Wildman–Crippen LogP) is 5.77. The van der Waals surface area contributed by atoms with Crippen LogP contribution in [0.25, 0.3) is 0 Å². The molecule has 0 aliphatic heterocycles.